The number of hydrogen-bond acceptors (Lipinski definition) is 5. The van der Waals surface area contributed by atoms with E-state index in [9.17, 15) is 4.79 Å². The predicted molar refractivity (Wildman–Crippen MR) is 47.1 cm³/mol. The van der Waals surface area contributed by atoms with Crippen LogP contribution in [0.15, 0.2) is 0 Å². The van der Waals surface area contributed by atoms with Crippen molar-refractivity contribution < 1.29 is 9.53 Å². The third-order valence-electron chi connectivity index (χ3n) is 1.51. The largest absolute Gasteiger partial charge is 0.381 e. The molecule has 78 valence electrons. The lowest BCUT2D eigenvalue weighted by Gasteiger charge is -2.01. The SMILES string of the molecule is CCOCCC(=O)NCc1nn[nH]n1. The minimum absolute atomic E-state index is 0.0803. The maximum atomic E-state index is 11.1. The van der Waals surface area contributed by atoms with Gasteiger partial charge in [-0.3, -0.25) is 4.79 Å². The normalized spacial score (nSPS) is 10.1. The van der Waals surface area contributed by atoms with Crippen LogP contribution in [0.25, 0.3) is 0 Å². The van der Waals surface area contributed by atoms with Gasteiger partial charge in [0.15, 0.2) is 5.82 Å². The molecule has 0 radical (unpaired) electrons. The van der Waals surface area contributed by atoms with Crippen molar-refractivity contribution in [2.24, 2.45) is 0 Å². The number of H-pyrrole nitrogens is 1. The average molecular weight is 199 g/mol. The van der Waals surface area contributed by atoms with Crippen molar-refractivity contribution in [3.8, 4) is 0 Å². The monoisotopic (exact) mass is 199 g/mol. The Balaban J connectivity index is 2.09. The summed E-state index contributed by atoms with van der Waals surface area (Å²) in [5, 5.41) is 15.7. The van der Waals surface area contributed by atoms with Gasteiger partial charge in [0, 0.05) is 13.0 Å². The molecule has 1 amide bonds. The van der Waals surface area contributed by atoms with Gasteiger partial charge in [-0.15, -0.1) is 10.2 Å². The van der Waals surface area contributed by atoms with Gasteiger partial charge >= 0.3 is 0 Å². The van der Waals surface area contributed by atoms with Crippen LogP contribution in [0, 0.1) is 0 Å². The number of aromatic nitrogens is 4. The summed E-state index contributed by atoms with van der Waals surface area (Å²) in [6.07, 6.45) is 0.353. The zero-order chi connectivity index (χ0) is 10.2. The third kappa shape index (κ3) is 3.94. The van der Waals surface area contributed by atoms with Crippen molar-refractivity contribution in [3.63, 3.8) is 0 Å². The number of aromatic amines is 1. The average Bonchev–Trinajstić information content (AvgIpc) is 2.68. The first-order valence-electron chi connectivity index (χ1n) is 4.39. The summed E-state index contributed by atoms with van der Waals surface area (Å²) in [5.74, 6) is 0.387. The van der Waals surface area contributed by atoms with Crippen LogP contribution in [0.4, 0.5) is 0 Å². The van der Waals surface area contributed by atoms with Crippen LogP contribution in [0.5, 0.6) is 0 Å². The highest BCUT2D eigenvalue weighted by molar-refractivity contribution is 5.75. The number of carbonyl (C=O) groups excluding carboxylic acids is 1. The van der Waals surface area contributed by atoms with E-state index in [0.717, 1.165) is 0 Å². The highest BCUT2D eigenvalue weighted by Gasteiger charge is 2.02. The van der Waals surface area contributed by atoms with Crippen LogP contribution in [0.2, 0.25) is 0 Å². The fourth-order valence-corrected chi connectivity index (χ4v) is 0.833. The van der Waals surface area contributed by atoms with E-state index in [2.05, 4.69) is 25.9 Å². The molecular formula is C7H13N5O2. The van der Waals surface area contributed by atoms with Crippen LogP contribution < -0.4 is 5.32 Å². The number of tetrazole rings is 1. The highest BCUT2D eigenvalue weighted by Crippen LogP contribution is 1.86. The smallest absolute Gasteiger partial charge is 0.222 e. The van der Waals surface area contributed by atoms with Gasteiger partial charge in [-0.05, 0) is 6.92 Å². The summed E-state index contributed by atoms with van der Waals surface area (Å²) in [6.45, 7) is 3.24. The van der Waals surface area contributed by atoms with E-state index in [0.29, 0.717) is 32.0 Å². The van der Waals surface area contributed by atoms with Crippen LogP contribution in [-0.4, -0.2) is 39.7 Å². The molecule has 1 heterocycles. The lowest BCUT2D eigenvalue weighted by atomic mass is 10.4. The first kappa shape index (κ1) is 10.6. The van der Waals surface area contributed by atoms with Gasteiger partial charge in [-0.1, -0.05) is 5.21 Å². The Bertz CT molecular complexity index is 261. The molecule has 0 fully saturated rings. The standard InChI is InChI=1S/C7H13N5O2/c1-2-14-4-3-7(13)8-5-6-9-11-12-10-6/h2-5H2,1H3,(H,8,13)(H,9,10,11,12). The summed E-state index contributed by atoms with van der Waals surface area (Å²) in [7, 11) is 0. The second-order valence-corrected chi connectivity index (χ2v) is 2.55. The molecule has 1 rings (SSSR count). The summed E-state index contributed by atoms with van der Waals surface area (Å²) in [4.78, 5) is 11.1. The van der Waals surface area contributed by atoms with Crippen molar-refractivity contribution in [1.82, 2.24) is 25.9 Å². The van der Waals surface area contributed by atoms with Crippen LogP contribution in [0.3, 0.4) is 0 Å². The summed E-state index contributed by atoms with van der Waals surface area (Å²) in [5.41, 5.74) is 0. The molecule has 0 aromatic carbocycles. The molecule has 2 N–H and O–H groups in total. The van der Waals surface area contributed by atoms with E-state index in [4.69, 9.17) is 4.74 Å². The van der Waals surface area contributed by atoms with Crippen LogP contribution in [0.1, 0.15) is 19.2 Å². The van der Waals surface area contributed by atoms with Gasteiger partial charge in [0.25, 0.3) is 0 Å². The van der Waals surface area contributed by atoms with E-state index in [-0.39, 0.29) is 5.91 Å². The molecule has 1 aromatic heterocycles. The number of carbonyl (C=O) groups is 1. The van der Waals surface area contributed by atoms with E-state index in [1.165, 1.54) is 0 Å². The number of hydrogen-bond donors (Lipinski definition) is 2. The van der Waals surface area contributed by atoms with Gasteiger partial charge in [0.1, 0.15) is 0 Å². The van der Waals surface area contributed by atoms with Gasteiger partial charge < -0.3 is 10.1 Å². The molecule has 0 bridgehead atoms. The third-order valence-corrected chi connectivity index (χ3v) is 1.51. The number of nitrogens with zero attached hydrogens (tertiary/aromatic N) is 3. The lowest BCUT2D eigenvalue weighted by molar-refractivity contribution is -0.122. The molecule has 7 nitrogen and oxygen atoms in total. The summed E-state index contributed by atoms with van der Waals surface area (Å²) >= 11 is 0. The molecule has 0 saturated heterocycles. The molecule has 0 unspecified atom stereocenters. The van der Waals surface area contributed by atoms with Crippen molar-refractivity contribution in [3.05, 3.63) is 5.82 Å². The fourth-order valence-electron chi connectivity index (χ4n) is 0.833. The minimum Gasteiger partial charge on any atom is -0.381 e. The Morgan fingerprint density at radius 2 is 2.50 bits per heavy atom. The number of nitrogens with one attached hydrogen (secondary N) is 2. The number of amides is 1. The molecule has 1 aromatic rings. The predicted octanol–water partition coefficient (Wildman–Crippen LogP) is -0.758. The van der Waals surface area contributed by atoms with Crippen LogP contribution in [-0.2, 0) is 16.1 Å². The molecule has 0 aliphatic carbocycles. The molecule has 0 spiro atoms. The van der Waals surface area contributed by atoms with Crippen molar-refractivity contribution in [2.45, 2.75) is 19.9 Å². The maximum absolute atomic E-state index is 11.1. The Labute approximate surface area is 81.2 Å². The first-order chi connectivity index (χ1) is 6.83. The zero-order valence-corrected chi connectivity index (χ0v) is 7.99. The number of ether oxygens (including phenoxy) is 1. The van der Waals surface area contributed by atoms with Crippen LogP contribution >= 0.6 is 0 Å². The highest BCUT2D eigenvalue weighted by atomic mass is 16.5. The van der Waals surface area contributed by atoms with Gasteiger partial charge in [-0.25, -0.2) is 0 Å². The summed E-state index contributed by atoms with van der Waals surface area (Å²) in [6, 6.07) is 0. The molecule has 7 heteroatoms. The van der Waals surface area contributed by atoms with E-state index in [1.807, 2.05) is 6.92 Å². The van der Waals surface area contributed by atoms with E-state index in [1.54, 1.807) is 0 Å². The Morgan fingerprint density at radius 3 is 3.14 bits per heavy atom. The lowest BCUT2D eigenvalue weighted by Crippen LogP contribution is -2.24. The molecule has 0 aliphatic rings. The summed E-state index contributed by atoms with van der Waals surface area (Å²) < 4.78 is 5.03. The Kier molecular flexibility index (Phi) is 4.56. The zero-order valence-electron chi connectivity index (χ0n) is 7.99. The molecule has 0 aliphatic heterocycles. The van der Waals surface area contributed by atoms with E-state index >= 15 is 0 Å². The maximum Gasteiger partial charge on any atom is 0.222 e. The van der Waals surface area contributed by atoms with Gasteiger partial charge in [0.05, 0.1) is 13.2 Å². The van der Waals surface area contributed by atoms with Crippen molar-refractivity contribution in [1.29, 1.82) is 0 Å². The molecule has 0 atom stereocenters. The van der Waals surface area contributed by atoms with E-state index < -0.39 is 0 Å². The molecule has 14 heavy (non-hydrogen) atoms. The second kappa shape index (κ2) is 6.03. The topological polar surface area (TPSA) is 92.8 Å². The van der Waals surface area contributed by atoms with Crippen molar-refractivity contribution in [2.75, 3.05) is 13.2 Å². The van der Waals surface area contributed by atoms with Gasteiger partial charge in [0.2, 0.25) is 5.91 Å². The minimum atomic E-state index is -0.0803. The quantitative estimate of drug-likeness (QED) is 0.587. The Hall–Kier alpha value is -1.50. The fraction of sp³-hybridized carbons (Fsp3) is 0.714. The Morgan fingerprint density at radius 1 is 1.64 bits per heavy atom. The van der Waals surface area contributed by atoms with Crippen molar-refractivity contribution >= 4 is 5.91 Å². The van der Waals surface area contributed by atoms with Gasteiger partial charge in [-0.2, -0.15) is 5.21 Å². The number of rotatable bonds is 6. The molecule has 0 saturated carbocycles. The molecular weight excluding hydrogens is 186 g/mol. The second-order valence-electron chi connectivity index (χ2n) is 2.55. The first-order valence-corrected chi connectivity index (χ1v) is 4.39.